The molecule has 1 amide bonds. The van der Waals surface area contributed by atoms with E-state index in [0.717, 1.165) is 65.7 Å². The van der Waals surface area contributed by atoms with Crippen LogP contribution >= 0.6 is 0 Å². The van der Waals surface area contributed by atoms with Gasteiger partial charge in [-0.1, -0.05) is 30.3 Å². The third kappa shape index (κ3) is 2.95. The Balaban J connectivity index is 1.84. The average Bonchev–Trinajstić information content (AvgIpc) is 2.98. The van der Waals surface area contributed by atoms with Crippen LogP contribution in [0.1, 0.15) is 23.9 Å². The van der Waals surface area contributed by atoms with Gasteiger partial charge in [0.05, 0.1) is 5.69 Å². The van der Waals surface area contributed by atoms with Crippen molar-refractivity contribution in [2.24, 2.45) is 0 Å². The van der Waals surface area contributed by atoms with Crippen molar-refractivity contribution < 1.29 is 4.79 Å². The summed E-state index contributed by atoms with van der Waals surface area (Å²) in [7, 11) is 0. The molecule has 6 heteroatoms. The molecule has 0 atom stereocenters. The molecule has 1 aliphatic rings. The number of amides is 1. The van der Waals surface area contributed by atoms with Gasteiger partial charge in [0.25, 0.3) is 0 Å². The maximum atomic E-state index is 11.7. The zero-order valence-electron chi connectivity index (χ0n) is 16.4. The predicted molar refractivity (Wildman–Crippen MR) is 107 cm³/mol. The minimum absolute atomic E-state index is 0.142. The number of benzene rings is 1. The molecule has 0 N–H and O–H groups in total. The lowest BCUT2D eigenvalue weighted by atomic mass is 10.1. The van der Waals surface area contributed by atoms with Gasteiger partial charge < -0.3 is 9.80 Å². The first-order valence-corrected chi connectivity index (χ1v) is 9.39. The Morgan fingerprint density at radius 2 is 1.63 bits per heavy atom. The first-order valence-electron chi connectivity index (χ1n) is 9.39. The van der Waals surface area contributed by atoms with Gasteiger partial charge in [-0.2, -0.15) is 9.61 Å². The zero-order chi connectivity index (χ0) is 19.1. The van der Waals surface area contributed by atoms with E-state index < -0.39 is 0 Å². The maximum absolute atomic E-state index is 11.7. The molecule has 0 aliphatic carbocycles. The monoisotopic (exact) mass is 363 g/mol. The van der Waals surface area contributed by atoms with Crippen molar-refractivity contribution >= 4 is 17.4 Å². The molecule has 1 aliphatic heterocycles. The number of nitrogens with zero attached hydrogens (tertiary/aromatic N) is 5. The van der Waals surface area contributed by atoms with E-state index >= 15 is 0 Å². The predicted octanol–water partition coefficient (Wildman–Crippen LogP) is 2.99. The van der Waals surface area contributed by atoms with Crippen LogP contribution in [0.2, 0.25) is 0 Å². The van der Waals surface area contributed by atoms with Gasteiger partial charge in [-0.15, -0.1) is 0 Å². The summed E-state index contributed by atoms with van der Waals surface area (Å²) >= 11 is 0. The normalized spacial score (nSPS) is 14.8. The SMILES string of the molecule is CC(=O)N1CCN(c2c(C)c(C)nc3c(-c4ccccc4)c(C)nn23)CC1. The molecule has 1 fully saturated rings. The van der Waals surface area contributed by atoms with Gasteiger partial charge in [0.2, 0.25) is 5.91 Å². The molecular formula is C21H25N5O. The second-order valence-corrected chi connectivity index (χ2v) is 7.20. The number of hydrogen-bond donors (Lipinski definition) is 0. The van der Waals surface area contributed by atoms with Crippen molar-refractivity contribution in [1.29, 1.82) is 0 Å². The summed E-state index contributed by atoms with van der Waals surface area (Å²) in [5.74, 6) is 1.23. The van der Waals surface area contributed by atoms with E-state index in [1.807, 2.05) is 34.5 Å². The van der Waals surface area contributed by atoms with E-state index in [2.05, 4.69) is 30.9 Å². The molecule has 1 aromatic carbocycles. The average molecular weight is 363 g/mol. The van der Waals surface area contributed by atoms with Crippen molar-refractivity contribution in [3.63, 3.8) is 0 Å². The summed E-state index contributed by atoms with van der Waals surface area (Å²) in [6, 6.07) is 10.3. The van der Waals surface area contributed by atoms with Crippen molar-refractivity contribution in [2.75, 3.05) is 31.1 Å². The second-order valence-electron chi connectivity index (χ2n) is 7.20. The molecule has 3 aromatic rings. The van der Waals surface area contributed by atoms with Crippen LogP contribution in [0.25, 0.3) is 16.8 Å². The van der Waals surface area contributed by atoms with Crippen LogP contribution in [-0.4, -0.2) is 51.6 Å². The highest BCUT2D eigenvalue weighted by molar-refractivity contribution is 5.81. The Morgan fingerprint density at radius 1 is 0.963 bits per heavy atom. The molecule has 3 heterocycles. The number of piperazine rings is 1. The standard InChI is InChI=1S/C21H25N5O/c1-14-15(2)22-20-19(18-8-6-5-7-9-18)16(3)23-26(20)21(14)25-12-10-24(11-13-25)17(4)27/h5-9H,10-13H2,1-4H3. The van der Waals surface area contributed by atoms with E-state index in [1.54, 1.807) is 6.92 Å². The van der Waals surface area contributed by atoms with Gasteiger partial charge in [0.1, 0.15) is 5.82 Å². The summed E-state index contributed by atoms with van der Waals surface area (Å²) in [4.78, 5) is 20.8. The van der Waals surface area contributed by atoms with E-state index in [9.17, 15) is 4.79 Å². The van der Waals surface area contributed by atoms with Crippen LogP contribution in [0.3, 0.4) is 0 Å². The van der Waals surface area contributed by atoms with E-state index in [-0.39, 0.29) is 5.91 Å². The molecule has 2 aromatic heterocycles. The van der Waals surface area contributed by atoms with Crippen molar-refractivity contribution in [3.05, 3.63) is 47.3 Å². The lowest BCUT2D eigenvalue weighted by Crippen LogP contribution is -2.48. The number of aryl methyl sites for hydroxylation is 2. The number of rotatable bonds is 2. The molecule has 140 valence electrons. The van der Waals surface area contributed by atoms with Crippen molar-refractivity contribution in [1.82, 2.24) is 19.5 Å². The van der Waals surface area contributed by atoms with Gasteiger partial charge >= 0.3 is 0 Å². The molecule has 4 rings (SSSR count). The molecule has 0 unspecified atom stereocenters. The largest absolute Gasteiger partial charge is 0.353 e. The molecule has 0 saturated carbocycles. The Morgan fingerprint density at radius 3 is 2.26 bits per heavy atom. The van der Waals surface area contributed by atoms with Crippen LogP contribution in [0, 0.1) is 20.8 Å². The fourth-order valence-electron chi connectivity index (χ4n) is 3.88. The van der Waals surface area contributed by atoms with Gasteiger partial charge in [0, 0.05) is 49.9 Å². The molecule has 0 spiro atoms. The van der Waals surface area contributed by atoms with E-state index in [4.69, 9.17) is 10.1 Å². The molecule has 6 nitrogen and oxygen atoms in total. The molecule has 0 radical (unpaired) electrons. The third-order valence-electron chi connectivity index (χ3n) is 5.48. The lowest BCUT2D eigenvalue weighted by Gasteiger charge is -2.36. The topological polar surface area (TPSA) is 53.7 Å². The number of anilines is 1. The van der Waals surface area contributed by atoms with E-state index in [1.165, 1.54) is 0 Å². The summed E-state index contributed by atoms with van der Waals surface area (Å²) in [6.07, 6.45) is 0. The highest BCUT2D eigenvalue weighted by Crippen LogP contribution is 2.32. The van der Waals surface area contributed by atoms with Crippen LogP contribution in [0.4, 0.5) is 5.82 Å². The minimum atomic E-state index is 0.142. The van der Waals surface area contributed by atoms with Gasteiger partial charge in [0.15, 0.2) is 5.65 Å². The Kier molecular flexibility index (Phi) is 4.34. The Bertz CT molecular complexity index is 1000. The van der Waals surface area contributed by atoms with Crippen LogP contribution in [0.15, 0.2) is 30.3 Å². The number of aromatic nitrogens is 3. The fourth-order valence-corrected chi connectivity index (χ4v) is 3.88. The molecular weight excluding hydrogens is 338 g/mol. The van der Waals surface area contributed by atoms with Gasteiger partial charge in [-0.3, -0.25) is 4.79 Å². The first-order chi connectivity index (χ1) is 13.0. The summed E-state index contributed by atoms with van der Waals surface area (Å²) < 4.78 is 1.99. The van der Waals surface area contributed by atoms with Crippen molar-refractivity contribution in [3.8, 4) is 11.1 Å². The summed E-state index contributed by atoms with van der Waals surface area (Å²) in [5, 5.41) is 4.85. The van der Waals surface area contributed by atoms with Crippen LogP contribution < -0.4 is 4.90 Å². The lowest BCUT2D eigenvalue weighted by molar-refractivity contribution is -0.129. The number of carbonyl (C=O) groups is 1. The zero-order valence-corrected chi connectivity index (χ0v) is 16.4. The van der Waals surface area contributed by atoms with Gasteiger partial charge in [-0.05, 0) is 26.3 Å². The Labute approximate surface area is 159 Å². The number of carbonyl (C=O) groups excluding carboxylic acids is 1. The van der Waals surface area contributed by atoms with Crippen LogP contribution in [-0.2, 0) is 4.79 Å². The summed E-state index contributed by atoms with van der Waals surface area (Å²) in [6.45, 7) is 10.9. The molecule has 27 heavy (non-hydrogen) atoms. The van der Waals surface area contributed by atoms with E-state index in [0.29, 0.717) is 0 Å². The minimum Gasteiger partial charge on any atom is -0.353 e. The maximum Gasteiger partial charge on any atom is 0.219 e. The Hall–Kier alpha value is -2.89. The van der Waals surface area contributed by atoms with Crippen molar-refractivity contribution in [2.45, 2.75) is 27.7 Å². The highest BCUT2D eigenvalue weighted by atomic mass is 16.2. The fraction of sp³-hybridized carbons (Fsp3) is 0.381. The second kappa shape index (κ2) is 6.68. The summed E-state index contributed by atoms with van der Waals surface area (Å²) in [5.41, 5.74) is 6.24. The first kappa shape index (κ1) is 17.5. The number of hydrogen-bond acceptors (Lipinski definition) is 4. The number of fused-ring (bicyclic) bond motifs is 1. The molecule has 1 saturated heterocycles. The van der Waals surface area contributed by atoms with Crippen LogP contribution in [0.5, 0.6) is 0 Å². The van der Waals surface area contributed by atoms with Gasteiger partial charge in [-0.25, -0.2) is 4.98 Å². The smallest absolute Gasteiger partial charge is 0.219 e. The third-order valence-corrected chi connectivity index (χ3v) is 5.48. The highest BCUT2D eigenvalue weighted by Gasteiger charge is 2.25. The molecule has 0 bridgehead atoms. The quantitative estimate of drug-likeness (QED) is 0.702.